The van der Waals surface area contributed by atoms with Crippen LogP contribution in [0.25, 0.3) is 0 Å². The molecule has 0 saturated heterocycles. The molecule has 6 heteroatoms. The summed E-state index contributed by atoms with van der Waals surface area (Å²) in [5.41, 5.74) is 2.31. The second kappa shape index (κ2) is 19.4. The molecule has 0 heterocycles. The van der Waals surface area contributed by atoms with Crippen LogP contribution in [0.4, 0.5) is 0 Å². The van der Waals surface area contributed by atoms with Gasteiger partial charge >= 0.3 is 29.6 Å². The minimum absolute atomic E-state index is 0. The van der Waals surface area contributed by atoms with E-state index in [9.17, 15) is 13.0 Å². The number of hydrogen-bond donors (Lipinski definition) is 0. The molecule has 4 nitrogen and oxygen atoms in total. The molecule has 0 spiro atoms. The van der Waals surface area contributed by atoms with Gasteiger partial charge < -0.3 is 9.29 Å². The van der Waals surface area contributed by atoms with Crippen LogP contribution in [0, 0.1) is 0 Å². The normalized spacial score (nSPS) is 11.3. The van der Waals surface area contributed by atoms with E-state index in [1.54, 1.807) is 0 Å². The van der Waals surface area contributed by atoms with Crippen LogP contribution in [-0.4, -0.2) is 18.9 Å². The van der Waals surface area contributed by atoms with Gasteiger partial charge in [0.2, 0.25) is 0 Å². The number of hydrogen-bond acceptors (Lipinski definition) is 4. The Morgan fingerprint density at radius 2 is 1.23 bits per heavy atom. The van der Waals surface area contributed by atoms with Gasteiger partial charge in [0.25, 0.3) is 0 Å². The van der Waals surface area contributed by atoms with Crippen molar-refractivity contribution in [2.24, 2.45) is 0 Å². The van der Waals surface area contributed by atoms with Crippen molar-refractivity contribution in [3.05, 3.63) is 29.3 Å². The van der Waals surface area contributed by atoms with Crippen LogP contribution in [0.2, 0.25) is 0 Å². The SMILES string of the molecule is CCCCCCCCCc1ccc(OCS(=O)(=O)[O-])c(CCCCCCCCC)c1.[Na+]. The summed E-state index contributed by atoms with van der Waals surface area (Å²) < 4.78 is 38.2. The molecule has 0 fully saturated rings. The summed E-state index contributed by atoms with van der Waals surface area (Å²) in [7, 11) is -4.39. The fourth-order valence-electron chi connectivity index (χ4n) is 3.82. The average Bonchev–Trinajstić information content (AvgIpc) is 2.71. The van der Waals surface area contributed by atoms with E-state index in [1.807, 2.05) is 12.1 Å². The molecule has 0 unspecified atom stereocenters. The zero-order valence-corrected chi connectivity index (χ0v) is 23.1. The quantitative estimate of drug-likeness (QED) is 0.176. The van der Waals surface area contributed by atoms with Crippen LogP contribution in [0.3, 0.4) is 0 Å². The minimum Gasteiger partial charge on any atom is -0.745 e. The summed E-state index contributed by atoms with van der Waals surface area (Å²) in [6, 6.07) is 6.01. The van der Waals surface area contributed by atoms with E-state index in [1.165, 1.54) is 89.0 Å². The molecule has 0 aliphatic heterocycles. The molecule has 0 N–H and O–H groups in total. The molecule has 1 rings (SSSR count). The third-order valence-electron chi connectivity index (χ3n) is 5.60. The number of aryl methyl sites for hydroxylation is 2. The fourth-order valence-corrected chi connectivity index (χ4v) is 4.09. The van der Waals surface area contributed by atoms with Crippen molar-refractivity contribution in [2.75, 3.05) is 5.94 Å². The summed E-state index contributed by atoms with van der Waals surface area (Å²) >= 11 is 0. The van der Waals surface area contributed by atoms with Crippen LogP contribution in [0.1, 0.15) is 115 Å². The number of rotatable bonds is 19. The molecule has 0 amide bonds. The maximum absolute atomic E-state index is 11.0. The predicted molar refractivity (Wildman–Crippen MR) is 125 cm³/mol. The monoisotopic (exact) mass is 462 g/mol. The summed E-state index contributed by atoms with van der Waals surface area (Å²) in [5, 5.41) is 0. The number of ether oxygens (including phenoxy) is 1. The van der Waals surface area contributed by atoms with Crippen molar-refractivity contribution in [2.45, 2.75) is 117 Å². The summed E-state index contributed by atoms with van der Waals surface area (Å²) in [6.07, 6.45) is 19.6. The number of benzene rings is 1. The molecule has 0 aromatic heterocycles. The van der Waals surface area contributed by atoms with Crippen LogP contribution in [0.15, 0.2) is 18.2 Å². The average molecular weight is 463 g/mol. The Kier molecular flexibility index (Phi) is 19.4. The topological polar surface area (TPSA) is 66.4 Å². The molecule has 1 aromatic carbocycles. The molecule has 1 aromatic rings. The van der Waals surface area contributed by atoms with E-state index >= 15 is 0 Å². The third kappa shape index (κ3) is 17.1. The standard InChI is InChI=1S/C25H44O4S.Na/c1-3-5-7-9-11-13-15-17-23-19-20-25(29-22-30(26,27)28)24(21-23)18-16-14-12-10-8-6-4-2;/h19-21H,3-18,22H2,1-2H3,(H,26,27,28);/q;+1/p-1. The van der Waals surface area contributed by atoms with Crippen LogP contribution in [0.5, 0.6) is 5.75 Å². The van der Waals surface area contributed by atoms with Gasteiger partial charge in [-0.15, -0.1) is 0 Å². The van der Waals surface area contributed by atoms with Crippen molar-refractivity contribution in [1.82, 2.24) is 0 Å². The zero-order valence-electron chi connectivity index (χ0n) is 20.3. The van der Waals surface area contributed by atoms with E-state index in [4.69, 9.17) is 4.74 Å². The van der Waals surface area contributed by atoms with Crippen molar-refractivity contribution in [3.63, 3.8) is 0 Å². The molecule has 0 saturated carbocycles. The summed E-state index contributed by atoms with van der Waals surface area (Å²) in [6.45, 7) is 4.47. The molecule has 0 aliphatic rings. The van der Waals surface area contributed by atoms with E-state index in [2.05, 4.69) is 19.9 Å². The Balaban J connectivity index is 0.00000900. The van der Waals surface area contributed by atoms with E-state index in [-0.39, 0.29) is 29.6 Å². The molecule has 31 heavy (non-hydrogen) atoms. The minimum atomic E-state index is -4.39. The second-order valence-electron chi connectivity index (χ2n) is 8.50. The summed E-state index contributed by atoms with van der Waals surface area (Å²) in [4.78, 5) is 0. The Morgan fingerprint density at radius 3 is 1.74 bits per heavy atom. The second-order valence-corrected chi connectivity index (χ2v) is 9.86. The van der Waals surface area contributed by atoms with Gasteiger partial charge in [0.05, 0.1) is 0 Å². The molecule has 0 bridgehead atoms. The van der Waals surface area contributed by atoms with Gasteiger partial charge in [0, 0.05) is 0 Å². The summed E-state index contributed by atoms with van der Waals surface area (Å²) in [5.74, 6) is -0.252. The number of unbranched alkanes of at least 4 members (excludes halogenated alkanes) is 12. The third-order valence-corrected chi connectivity index (χ3v) is 6.01. The first-order valence-corrected chi connectivity index (χ1v) is 13.7. The molecule has 0 aliphatic carbocycles. The zero-order chi connectivity index (χ0) is 22.1. The first-order chi connectivity index (χ1) is 14.5. The Labute approximate surface area is 214 Å². The van der Waals surface area contributed by atoms with Crippen molar-refractivity contribution < 1.29 is 47.3 Å². The van der Waals surface area contributed by atoms with Crippen molar-refractivity contribution in [3.8, 4) is 5.75 Å². The molecular formula is C25H43NaO4S. The van der Waals surface area contributed by atoms with Crippen molar-refractivity contribution >= 4 is 10.1 Å². The Bertz CT molecular complexity index is 661. The predicted octanol–water partition coefficient (Wildman–Crippen LogP) is 4.16. The van der Waals surface area contributed by atoms with Gasteiger partial charge in [-0.25, -0.2) is 8.42 Å². The smallest absolute Gasteiger partial charge is 0.745 e. The van der Waals surface area contributed by atoms with Crippen LogP contribution < -0.4 is 34.3 Å². The molecule has 0 atom stereocenters. The fraction of sp³-hybridized carbons (Fsp3) is 0.760. The first kappa shape index (κ1) is 30.9. The largest absolute Gasteiger partial charge is 1.00 e. The van der Waals surface area contributed by atoms with E-state index in [0.29, 0.717) is 5.75 Å². The van der Waals surface area contributed by atoms with Crippen LogP contribution >= 0.6 is 0 Å². The maximum Gasteiger partial charge on any atom is 1.00 e. The Morgan fingerprint density at radius 1 is 0.742 bits per heavy atom. The molecule has 174 valence electrons. The van der Waals surface area contributed by atoms with Gasteiger partial charge in [-0.05, 0) is 42.9 Å². The van der Waals surface area contributed by atoms with Gasteiger partial charge in [0.15, 0.2) is 5.94 Å². The van der Waals surface area contributed by atoms with E-state index in [0.717, 1.165) is 24.8 Å². The van der Waals surface area contributed by atoms with Crippen molar-refractivity contribution in [1.29, 1.82) is 0 Å². The van der Waals surface area contributed by atoms with Gasteiger partial charge in [-0.2, -0.15) is 0 Å². The maximum atomic E-state index is 11.0. The molecular weight excluding hydrogens is 419 g/mol. The Hall–Kier alpha value is -0.0700. The van der Waals surface area contributed by atoms with Gasteiger partial charge in [0.1, 0.15) is 15.9 Å². The van der Waals surface area contributed by atoms with Gasteiger partial charge in [-0.3, -0.25) is 0 Å². The van der Waals surface area contributed by atoms with E-state index < -0.39 is 16.1 Å². The van der Waals surface area contributed by atoms with Crippen LogP contribution in [-0.2, 0) is 23.0 Å². The molecule has 0 radical (unpaired) electrons. The van der Waals surface area contributed by atoms with Gasteiger partial charge in [-0.1, -0.05) is 103 Å². The first-order valence-electron chi connectivity index (χ1n) is 12.1.